The molecule has 0 bridgehead atoms. The first-order valence-corrected chi connectivity index (χ1v) is 5.15. The lowest BCUT2D eigenvalue weighted by Gasteiger charge is -2.16. The molecule has 5 nitrogen and oxygen atoms in total. The topological polar surface area (TPSA) is 93.0 Å². The fourth-order valence-corrected chi connectivity index (χ4v) is 2.00. The van der Waals surface area contributed by atoms with Gasteiger partial charge in [-0.1, -0.05) is 12.1 Å². The minimum atomic E-state index is -0.983. The number of nitrogens with one attached hydrogen (secondary N) is 1. The van der Waals surface area contributed by atoms with E-state index in [0.717, 1.165) is 5.56 Å². The molecular weight excluding hydrogens is 246 g/mol. The van der Waals surface area contributed by atoms with E-state index >= 15 is 0 Å². The number of aromatic hydroxyl groups is 1. The van der Waals surface area contributed by atoms with Crippen LogP contribution in [0, 0.1) is 0 Å². The summed E-state index contributed by atoms with van der Waals surface area (Å²) in [5, 5.41) is 40.5. The number of aliphatic hydroxyl groups excluding tert-OH is 3. The minimum Gasteiger partial charge on any atom is -0.508 e. The highest BCUT2D eigenvalue weighted by Gasteiger charge is 2.41. The van der Waals surface area contributed by atoms with Gasteiger partial charge in [0.2, 0.25) is 0 Å². The molecule has 6 heteroatoms. The van der Waals surface area contributed by atoms with Gasteiger partial charge in [0.15, 0.2) is 0 Å². The van der Waals surface area contributed by atoms with Gasteiger partial charge < -0.3 is 25.7 Å². The monoisotopic (exact) mass is 261 g/mol. The maximum absolute atomic E-state index is 9.80. The predicted octanol–water partition coefficient (Wildman–Crippen LogP) is -0.459. The van der Waals surface area contributed by atoms with E-state index in [0.29, 0.717) is 0 Å². The molecule has 1 aromatic carbocycles. The zero-order valence-electron chi connectivity index (χ0n) is 9.02. The molecule has 2 rings (SSSR count). The Bertz CT molecular complexity index is 359. The van der Waals surface area contributed by atoms with E-state index in [-0.39, 0.29) is 24.8 Å². The fourth-order valence-electron chi connectivity index (χ4n) is 2.00. The Labute approximate surface area is 105 Å². The summed E-state index contributed by atoms with van der Waals surface area (Å²) in [5.74, 6) is 0.149. The van der Waals surface area contributed by atoms with Crippen molar-refractivity contribution in [2.24, 2.45) is 0 Å². The van der Waals surface area contributed by atoms with Crippen LogP contribution in [-0.2, 0) is 0 Å². The van der Waals surface area contributed by atoms with Gasteiger partial charge in [-0.05, 0) is 17.7 Å². The van der Waals surface area contributed by atoms with Crippen LogP contribution in [0.2, 0.25) is 0 Å². The normalized spacial score (nSPS) is 32.2. The summed E-state index contributed by atoms with van der Waals surface area (Å²) in [4.78, 5) is 0. The molecule has 96 valence electrons. The molecular formula is C11H16ClNO4. The minimum absolute atomic E-state index is 0. The van der Waals surface area contributed by atoms with E-state index < -0.39 is 24.3 Å². The lowest BCUT2D eigenvalue weighted by atomic mass is 10.0. The summed E-state index contributed by atoms with van der Waals surface area (Å²) in [5.41, 5.74) is 0.764. The summed E-state index contributed by atoms with van der Waals surface area (Å²) in [7, 11) is 0. The van der Waals surface area contributed by atoms with Crippen LogP contribution in [0.25, 0.3) is 0 Å². The van der Waals surface area contributed by atoms with Crippen LogP contribution >= 0.6 is 12.4 Å². The molecule has 0 aliphatic carbocycles. The first-order valence-electron chi connectivity index (χ1n) is 5.15. The van der Waals surface area contributed by atoms with Gasteiger partial charge in [0.1, 0.15) is 11.9 Å². The molecule has 4 atom stereocenters. The summed E-state index contributed by atoms with van der Waals surface area (Å²) in [6, 6.07) is 5.43. The predicted molar refractivity (Wildman–Crippen MR) is 64.1 cm³/mol. The van der Waals surface area contributed by atoms with Gasteiger partial charge in [0.25, 0.3) is 0 Å². The molecule has 0 aromatic heterocycles. The number of phenols is 1. The van der Waals surface area contributed by atoms with E-state index in [2.05, 4.69) is 5.32 Å². The molecule has 0 unspecified atom stereocenters. The molecule has 0 saturated carbocycles. The fraction of sp³-hybridized carbons (Fsp3) is 0.455. The zero-order chi connectivity index (χ0) is 11.7. The van der Waals surface area contributed by atoms with Crippen LogP contribution in [0.1, 0.15) is 11.6 Å². The van der Waals surface area contributed by atoms with Gasteiger partial charge in [-0.25, -0.2) is 0 Å². The number of aliphatic hydroxyl groups is 3. The Kier molecular flexibility index (Phi) is 4.73. The van der Waals surface area contributed by atoms with E-state index in [1.807, 2.05) is 0 Å². The Balaban J connectivity index is 0.00000144. The quantitative estimate of drug-likeness (QED) is 0.497. The summed E-state index contributed by atoms with van der Waals surface area (Å²) < 4.78 is 0. The molecule has 0 spiro atoms. The largest absolute Gasteiger partial charge is 0.508 e. The van der Waals surface area contributed by atoms with Crippen LogP contribution < -0.4 is 5.32 Å². The Morgan fingerprint density at radius 2 is 1.65 bits per heavy atom. The Hall–Kier alpha value is -0.850. The van der Waals surface area contributed by atoms with Gasteiger partial charge in [0.05, 0.1) is 24.8 Å². The third kappa shape index (κ3) is 2.70. The SMILES string of the molecule is Cl.OC[C@H]1N[C@H](c2ccc(O)cc2)[C@@H](O)[C@@H]1O. The molecule has 5 N–H and O–H groups in total. The van der Waals surface area contributed by atoms with Crippen LogP contribution in [0.4, 0.5) is 0 Å². The maximum atomic E-state index is 9.80. The van der Waals surface area contributed by atoms with Crippen molar-refractivity contribution >= 4 is 12.4 Å². The maximum Gasteiger partial charge on any atom is 0.115 e. The van der Waals surface area contributed by atoms with Gasteiger partial charge in [-0.3, -0.25) is 0 Å². The second-order valence-corrected chi connectivity index (χ2v) is 4.01. The number of hydrogen-bond donors (Lipinski definition) is 5. The molecule has 1 aliphatic rings. The second-order valence-electron chi connectivity index (χ2n) is 4.01. The molecule has 0 amide bonds. The van der Waals surface area contributed by atoms with E-state index in [4.69, 9.17) is 10.2 Å². The van der Waals surface area contributed by atoms with Crippen molar-refractivity contribution in [1.29, 1.82) is 0 Å². The highest BCUT2D eigenvalue weighted by Crippen LogP contribution is 2.28. The standard InChI is InChI=1S/C11H15NO4.ClH/c13-5-8-10(15)11(16)9(12-8)6-1-3-7(14)4-2-6;/h1-4,8-16H,5H2;1H/t8-,9-,10-,11-;/m1./s1. The number of benzene rings is 1. The Morgan fingerprint density at radius 1 is 1.06 bits per heavy atom. The van der Waals surface area contributed by atoms with E-state index in [1.165, 1.54) is 12.1 Å². The van der Waals surface area contributed by atoms with Crippen LogP contribution in [0.3, 0.4) is 0 Å². The molecule has 1 heterocycles. The third-order valence-corrected chi connectivity index (χ3v) is 2.95. The van der Waals surface area contributed by atoms with Crippen molar-refractivity contribution in [3.05, 3.63) is 29.8 Å². The van der Waals surface area contributed by atoms with Crippen molar-refractivity contribution in [3.63, 3.8) is 0 Å². The molecule has 17 heavy (non-hydrogen) atoms. The molecule has 0 radical (unpaired) electrons. The van der Waals surface area contributed by atoms with Crippen molar-refractivity contribution in [1.82, 2.24) is 5.32 Å². The molecule has 1 aromatic rings. The lowest BCUT2D eigenvalue weighted by molar-refractivity contribution is 0.0194. The second kappa shape index (κ2) is 5.66. The summed E-state index contributed by atoms with van der Waals surface area (Å²) >= 11 is 0. The average molecular weight is 262 g/mol. The zero-order valence-corrected chi connectivity index (χ0v) is 9.84. The van der Waals surface area contributed by atoms with Crippen LogP contribution in [-0.4, -0.2) is 45.3 Å². The van der Waals surface area contributed by atoms with Gasteiger partial charge in [-0.15, -0.1) is 12.4 Å². The van der Waals surface area contributed by atoms with Gasteiger partial charge in [0, 0.05) is 0 Å². The third-order valence-electron chi connectivity index (χ3n) is 2.95. The number of halogens is 1. The van der Waals surface area contributed by atoms with Crippen molar-refractivity contribution in [2.45, 2.75) is 24.3 Å². The van der Waals surface area contributed by atoms with Crippen LogP contribution in [0.15, 0.2) is 24.3 Å². The van der Waals surface area contributed by atoms with Crippen molar-refractivity contribution in [3.8, 4) is 5.75 Å². The van der Waals surface area contributed by atoms with E-state index in [9.17, 15) is 10.2 Å². The highest BCUT2D eigenvalue weighted by atomic mass is 35.5. The van der Waals surface area contributed by atoms with E-state index in [1.54, 1.807) is 12.1 Å². The van der Waals surface area contributed by atoms with Gasteiger partial charge >= 0.3 is 0 Å². The molecule has 1 saturated heterocycles. The Morgan fingerprint density at radius 3 is 2.12 bits per heavy atom. The van der Waals surface area contributed by atoms with Crippen molar-refractivity contribution in [2.75, 3.05) is 6.61 Å². The van der Waals surface area contributed by atoms with Gasteiger partial charge in [-0.2, -0.15) is 0 Å². The number of hydrogen-bond acceptors (Lipinski definition) is 5. The summed E-state index contributed by atoms with van der Waals surface area (Å²) in [6.45, 7) is -0.229. The molecule has 1 fully saturated rings. The smallest absolute Gasteiger partial charge is 0.115 e. The van der Waals surface area contributed by atoms with Crippen molar-refractivity contribution < 1.29 is 20.4 Å². The first-order chi connectivity index (χ1) is 7.63. The lowest BCUT2D eigenvalue weighted by Crippen LogP contribution is -2.35. The molecule has 1 aliphatic heterocycles. The highest BCUT2D eigenvalue weighted by molar-refractivity contribution is 5.85. The number of phenolic OH excluding ortho intramolecular Hbond substituents is 1. The number of rotatable bonds is 2. The average Bonchev–Trinajstić information content (AvgIpc) is 2.57. The first kappa shape index (κ1) is 14.2. The van der Waals surface area contributed by atoms with Crippen LogP contribution in [0.5, 0.6) is 5.75 Å². The summed E-state index contributed by atoms with van der Waals surface area (Å²) in [6.07, 6.45) is -1.94.